The molecule has 0 bridgehead atoms. The first-order chi connectivity index (χ1) is 17.0. The molecule has 1 aliphatic rings. The Balaban J connectivity index is 1.79. The fraction of sp³-hybridized carbons (Fsp3) is 0.333. The summed E-state index contributed by atoms with van der Waals surface area (Å²) in [6, 6.07) is 11.6. The SMILES string of the molecule is COC(=O)[C@@H]1C[C@@H](S(=O)(=O)c2ccccc2C(F)(F)F)CN1c1cc(C)nn1-c1cccc(OC)c1. The van der Waals surface area contributed by atoms with E-state index in [1.165, 1.54) is 29.9 Å². The first kappa shape index (κ1) is 25.5. The number of hydrogen-bond acceptors (Lipinski definition) is 7. The topological polar surface area (TPSA) is 90.7 Å². The van der Waals surface area contributed by atoms with Gasteiger partial charge in [-0.1, -0.05) is 18.2 Å². The van der Waals surface area contributed by atoms with E-state index in [-0.39, 0.29) is 13.0 Å². The molecular weight excluding hydrogens is 499 g/mol. The minimum Gasteiger partial charge on any atom is -0.497 e. The number of alkyl halides is 3. The van der Waals surface area contributed by atoms with Crippen molar-refractivity contribution >= 4 is 21.6 Å². The van der Waals surface area contributed by atoms with Gasteiger partial charge in [0.2, 0.25) is 0 Å². The normalized spacial score (nSPS) is 18.3. The van der Waals surface area contributed by atoms with E-state index in [1.807, 2.05) is 0 Å². The molecule has 192 valence electrons. The molecule has 1 aromatic heterocycles. The summed E-state index contributed by atoms with van der Waals surface area (Å²) in [5, 5.41) is 3.19. The van der Waals surface area contributed by atoms with Gasteiger partial charge in [-0.3, -0.25) is 0 Å². The van der Waals surface area contributed by atoms with E-state index in [0.717, 1.165) is 18.2 Å². The van der Waals surface area contributed by atoms with Crippen LogP contribution in [0.15, 0.2) is 59.5 Å². The number of methoxy groups -OCH3 is 2. The number of aryl methyl sites for hydroxylation is 1. The molecule has 36 heavy (non-hydrogen) atoms. The molecule has 1 saturated heterocycles. The van der Waals surface area contributed by atoms with Crippen molar-refractivity contribution in [3.63, 3.8) is 0 Å². The van der Waals surface area contributed by atoms with E-state index in [4.69, 9.17) is 9.47 Å². The maximum atomic E-state index is 13.6. The molecular formula is C24H24F3N3O5S. The molecule has 0 radical (unpaired) electrons. The van der Waals surface area contributed by atoms with E-state index in [0.29, 0.717) is 22.9 Å². The number of ether oxygens (including phenoxy) is 2. The third kappa shape index (κ3) is 4.64. The van der Waals surface area contributed by atoms with Crippen LogP contribution in [0.2, 0.25) is 0 Å². The van der Waals surface area contributed by atoms with Crippen LogP contribution in [0, 0.1) is 6.92 Å². The van der Waals surface area contributed by atoms with Crippen molar-refractivity contribution in [3.05, 3.63) is 65.9 Å². The number of halogens is 3. The van der Waals surface area contributed by atoms with E-state index in [2.05, 4.69) is 5.10 Å². The molecule has 0 unspecified atom stereocenters. The average Bonchev–Trinajstić information content (AvgIpc) is 3.47. The van der Waals surface area contributed by atoms with Crippen molar-refractivity contribution in [1.82, 2.24) is 9.78 Å². The van der Waals surface area contributed by atoms with Crippen LogP contribution in [-0.4, -0.2) is 56.2 Å². The number of carbonyl (C=O) groups is 1. The molecule has 0 aliphatic carbocycles. The lowest BCUT2D eigenvalue weighted by molar-refractivity contribution is -0.142. The molecule has 1 aliphatic heterocycles. The molecule has 1 fully saturated rings. The van der Waals surface area contributed by atoms with E-state index in [9.17, 15) is 26.4 Å². The van der Waals surface area contributed by atoms with Crippen LogP contribution >= 0.6 is 0 Å². The zero-order chi connectivity index (χ0) is 26.3. The van der Waals surface area contributed by atoms with Gasteiger partial charge in [0.25, 0.3) is 0 Å². The van der Waals surface area contributed by atoms with Gasteiger partial charge in [0.05, 0.1) is 41.3 Å². The standard InChI is InChI=1S/C24H24F3N3O5S/c1-15-11-22(30(28-15)16-7-6-8-17(12-16)34-2)29-14-18(13-20(29)23(31)35-3)36(32,33)21-10-5-4-9-19(21)24(25,26)27/h4-12,18,20H,13-14H2,1-3H3/t18-,20+/m1/s1. The van der Waals surface area contributed by atoms with Crippen LogP contribution in [-0.2, 0) is 25.5 Å². The zero-order valence-corrected chi connectivity index (χ0v) is 20.5. The Morgan fingerprint density at radius 3 is 2.47 bits per heavy atom. The Kier molecular flexibility index (Phi) is 6.74. The van der Waals surface area contributed by atoms with Gasteiger partial charge < -0.3 is 14.4 Å². The van der Waals surface area contributed by atoms with Gasteiger partial charge in [-0.05, 0) is 37.6 Å². The molecule has 0 amide bonds. The minimum atomic E-state index is -4.86. The fourth-order valence-electron chi connectivity index (χ4n) is 4.39. The number of anilines is 1. The second-order valence-corrected chi connectivity index (χ2v) is 10.5. The van der Waals surface area contributed by atoms with E-state index in [1.54, 1.807) is 37.3 Å². The summed E-state index contributed by atoms with van der Waals surface area (Å²) in [5.41, 5.74) is -0.0599. The number of hydrogen-bond donors (Lipinski definition) is 0. The molecule has 3 aromatic rings. The first-order valence-electron chi connectivity index (χ1n) is 10.9. The van der Waals surface area contributed by atoms with Crippen LogP contribution in [0.1, 0.15) is 17.7 Å². The summed E-state index contributed by atoms with van der Waals surface area (Å²) < 4.78 is 79.4. The van der Waals surface area contributed by atoms with Crippen molar-refractivity contribution in [2.45, 2.75) is 35.7 Å². The van der Waals surface area contributed by atoms with Crippen LogP contribution in [0.3, 0.4) is 0 Å². The summed E-state index contributed by atoms with van der Waals surface area (Å²) in [5.74, 6) is 0.257. The maximum Gasteiger partial charge on any atom is 0.417 e. The van der Waals surface area contributed by atoms with Crippen molar-refractivity contribution in [2.24, 2.45) is 0 Å². The van der Waals surface area contributed by atoms with Crippen molar-refractivity contribution in [1.29, 1.82) is 0 Å². The monoisotopic (exact) mass is 523 g/mol. The summed E-state index contributed by atoms with van der Waals surface area (Å²) in [4.78, 5) is 13.4. The third-order valence-electron chi connectivity index (χ3n) is 6.08. The van der Waals surface area contributed by atoms with Gasteiger partial charge in [-0.15, -0.1) is 0 Å². The number of benzene rings is 2. The predicted molar refractivity (Wildman–Crippen MR) is 125 cm³/mol. The Labute approximate surface area is 206 Å². The van der Waals surface area contributed by atoms with Crippen molar-refractivity contribution < 1.29 is 35.9 Å². The highest BCUT2D eigenvalue weighted by molar-refractivity contribution is 7.92. The molecule has 2 aromatic carbocycles. The Morgan fingerprint density at radius 2 is 1.81 bits per heavy atom. The van der Waals surface area contributed by atoms with E-state index < -0.39 is 43.7 Å². The number of aromatic nitrogens is 2. The average molecular weight is 524 g/mol. The first-order valence-corrected chi connectivity index (χ1v) is 12.5. The second kappa shape index (κ2) is 9.49. The Morgan fingerprint density at radius 1 is 1.08 bits per heavy atom. The second-order valence-electron chi connectivity index (χ2n) is 8.35. The highest BCUT2D eigenvalue weighted by Crippen LogP contribution is 2.39. The lowest BCUT2D eigenvalue weighted by Crippen LogP contribution is -2.38. The maximum absolute atomic E-state index is 13.6. The molecule has 8 nitrogen and oxygen atoms in total. The van der Waals surface area contributed by atoms with Gasteiger partial charge >= 0.3 is 12.1 Å². The lowest BCUT2D eigenvalue weighted by Gasteiger charge is -2.25. The van der Waals surface area contributed by atoms with E-state index >= 15 is 0 Å². The number of nitrogens with zero attached hydrogens (tertiary/aromatic N) is 3. The van der Waals surface area contributed by atoms with Crippen LogP contribution in [0.25, 0.3) is 5.69 Å². The van der Waals surface area contributed by atoms with Crippen molar-refractivity contribution in [3.8, 4) is 11.4 Å². The largest absolute Gasteiger partial charge is 0.497 e. The molecule has 2 atom stereocenters. The number of esters is 1. The molecule has 4 rings (SSSR count). The molecule has 0 spiro atoms. The Hall–Kier alpha value is -3.54. The molecule has 0 N–H and O–H groups in total. The van der Waals surface area contributed by atoms with Crippen LogP contribution in [0.4, 0.5) is 19.0 Å². The third-order valence-corrected chi connectivity index (χ3v) is 8.27. The minimum absolute atomic E-state index is 0.233. The van der Waals surface area contributed by atoms with Gasteiger partial charge in [0.1, 0.15) is 17.6 Å². The van der Waals surface area contributed by atoms with Gasteiger partial charge in [-0.2, -0.15) is 18.3 Å². The smallest absolute Gasteiger partial charge is 0.417 e. The number of carbonyl (C=O) groups excluding carboxylic acids is 1. The lowest BCUT2D eigenvalue weighted by atomic mass is 10.2. The molecule has 2 heterocycles. The summed E-state index contributed by atoms with van der Waals surface area (Å²) in [6.07, 6.45) is -5.10. The Bertz CT molecular complexity index is 1390. The van der Waals surface area contributed by atoms with Crippen LogP contribution in [0.5, 0.6) is 5.75 Å². The van der Waals surface area contributed by atoms with Gasteiger partial charge in [-0.25, -0.2) is 17.9 Å². The van der Waals surface area contributed by atoms with Crippen LogP contribution < -0.4 is 9.64 Å². The predicted octanol–water partition coefficient (Wildman–Crippen LogP) is 3.80. The quantitative estimate of drug-likeness (QED) is 0.454. The fourth-order valence-corrected chi connectivity index (χ4v) is 6.30. The highest BCUT2D eigenvalue weighted by Gasteiger charge is 2.47. The molecule has 0 saturated carbocycles. The van der Waals surface area contributed by atoms with Gasteiger partial charge in [0.15, 0.2) is 9.84 Å². The summed E-state index contributed by atoms with van der Waals surface area (Å²) >= 11 is 0. The van der Waals surface area contributed by atoms with Crippen molar-refractivity contribution in [2.75, 3.05) is 25.7 Å². The number of rotatable bonds is 6. The van der Waals surface area contributed by atoms with Gasteiger partial charge in [0, 0.05) is 18.7 Å². The highest BCUT2D eigenvalue weighted by atomic mass is 32.2. The number of sulfone groups is 1. The molecule has 12 heteroatoms. The summed E-state index contributed by atoms with van der Waals surface area (Å²) in [6.45, 7) is 1.50. The zero-order valence-electron chi connectivity index (χ0n) is 19.7. The summed E-state index contributed by atoms with van der Waals surface area (Å²) in [7, 11) is -1.79.